The van der Waals surface area contributed by atoms with E-state index in [0.717, 1.165) is 5.56 Å². The van der Waals surface area contributed by atoms with E-state index in [9.17, 15) is 14.4 Å². The summed E-state index contributed by atoms with van der Waals surface area (Å²) < 4.78 is 0. The summed E-state index contributed by atoms with van der Waals surface area (Å²) in [4.78, 5) is 42.6. The molecule has 39 heavy (non-hydrogen) atoms. The third-order valence-electron chi connectivity index (χ3n) is 5.98. The van der Waals surface area contributed by atoms with Crippen molar-refractivity contribution in [3.05, 3.63) is 143 Å². The van der Waals surface area contributed by atoms with Gasteiger partial charge in [-0.3, -0.25) is 19.4 Å². The van der Waals surface area contributed by atoms with Crippen molar-refractivity contribution in [2.75, 3.05) is 5.32 Å². The van der Waals surface area contributed by atoms with Crippen molar-refractivity contribution in [1.82, 2.24) is 10.3 Å². The number of nitrogens with one attached hydrogen (secondary N) is 2. The highest BCUT2D eigenvalue weighted by Crippen LogP contribution is 2.17. The minimum Gasteiger partial charge on any atom is -0.321 e. The number of rotatable bonds is 9. The van der Waals surface area contributed by atoms with Gasteiger partial charge in [-0.1, -0.05) is 68.5 Å². The van der Waals surface area contributed by atoms with Crippen LogP contribution in [0.25, 0.3) is 12.2 Å². The monoisotopic (exact) mass is 515 g/mol. The van der Waals surface area contributed by atoms with Gasteiger partial charge in [0, 0.05) is 29.2 Å². The van der Waals surface area contributed by atoms with Crippen LogP contribution in [0.15, 0.2) is 115 Å². The Hall–Kier alpha value is -5.10. The maximum absolute atomic E-state index is 13.1. The molecule has 0 fully saturated rings. The lowest BCUT2D eigenvalue weighted by atomic mass is 10.0. The average Bonchev–Trinajstić information content (AvgIpc) is 2.97. The average molecular weight is 516 g/mol. The number of carbonyl (C=O) groups is 3. The molecule has 0 radical (unpaired) electrons. The molecule has 0 spiro atoms. The number of hydrogen-bond donors (Lipinski definition) is 2. The van der Waals surface area contributed by atoms with Gasteiger partial charge in [0.25, 0.3) is 11.8 Å². The molecule has 0 bridgehead atoms. The molecule has 0 saturated carbocycles. The van der Waals surface area contributed by atoms with Crippen LogP contribution < -0.4 is 10.6 Å². The standard InChI is InChI=1S/C33H29N3O3/c1-23(2)26-13-10-24(11-14-26)12-19-31(37)27-15-17-29(18-16-27)35-33(39)30(21-25-7-6-20-34-22-25)36-32(38)28-8-4-3-5-9-28/h3-23H,1-2H3,(H,35,39)(H,36,38)/b19-12+,30-21-. The Bertz CT molecular complexity index is 1490. The zero-order chi connectivity index (χ0) is 27.6. The minimum absolute atomic E-state index is 0.0587. The van der Waals surface area contributed by atoms with Gasteiger partial charge in [-0.05, 0) is 77.2 Å². The van der Waals surface area contributed by atoms with Crippen LogP contribution in [-0.4, -0.2) is 22.6 Å². The number of ketones is 1. The molecule has 1 aromatic heterocycles. The van der Waals surface area contributed by atoms with Gasteiger partial charge in [0.1, 0.15) is 5.70 Å². The van der Waals surface area contributed by atoms with Gasteiger partial charge in [0.05, 0.1) is 0 Å². The van der Waals surface area contributed by atoms with E-state index >= 15 is 0 Å². The van der Waals surface area contributed by atoms with Crippen LogP contribution in [0.3, 0.4) is 0 Å². The molecular formula is C33H29N3O3. The van der Waals surface area contributed by atoms with E-state index in [0.29, 0.717) is 28.3 Å². The zero-order valence-electron chi connectivity index (χ0n) is 21.8. The largest absolute Gasteiger partial charge is 0.321 e. The van der Waals surface area contributed by atoms with Crippen LogP contribution in [0.4, 0.5) is 5.69 Å². The van der Waals surface area contributed by atoms with Gasteiger partial charge in [-0.25, -0.2) is 0 Å². The van der Waals surface area contributed by atoms with E-state index in [1.807, 2.05) is 18.2 Å². The van der Waals surface area contributed by atoms with Crippen molar-refractivity contribution >= 4 is 35.4 Å². The molecule has 0 unspecified atom stereocenters. The van der Waals surface area contributed by atoms with E-state index in [1.165, 1.54) is 11.6 Å². The van der Waals surface area contributed by atoms with Gasteiger partial charge >= 0.3 is 0 Å². The number of carbonyl (C=O) groups excluding carboxylic acids is 3. The Kier molecular flexibility index (Phi) is 8.93. The number of pyridine rings is 1. The SMILES string of the molecule is CC(C)c1ccc(/C=C/C(=O)c2ccc(NC(=O)/C(=C/c3cccnc3)NC(=O)c3ccccc3)cc2)cc1. The van der Waals surface area contributed by atoms with Gasteiger partial charge in [0.15, 0.2) is 5.78 Å². The molecule has 4 rings (SSSR count). The zero-order valence-corrected chi connectivity index (χ0v) is 21.8. The van der Waals surface area contributed by atoms with Crippen LogP contribution in [0, 0.1) is 0 Å². The lowest BCUT2D eigenvalue weighted by Gasteiger charge is -2.11. The van der Waals surface area contributed by atoms with E-state index in [-0.39, 0.29) is 11.5 Å². The summed E-state index contributed by atoms with van der Waals surface area (Å²) in [7, 11) is 0. The first-order valence-corrected chi connectivity index (χ1v) is 12.6. The van der Waals surface area contributed by atoms with Crippen molar-refractivity contribution in [3.8, 4) is 0 Å². The summed E-state index contributed by atoms with van der Waals surface area (Å²) in [5.74, 6) is -0.613. The molecule has 0 atom stereocenters. The summed E-state index contributed by atoms with van der Waals surface area (Å²) in [6.07, 6.45) is 8.09. The topological polar surface area (TPSA) is 88.2 Å². The summed E-state index contributed by atoms with van der Waals surface area (Å²) in [5, 5.41) is 5.48. The van der Waals surface area contributed by atoms with Crippen molar-refractivity contribution in [3.63, 3.8) is 0 Å². The van der Waals surface area contributed by atoms with Crippen molar-refractivity contribution in [1.29, 1.82) is 0 Å². The lowest BCUT2D eigenvalue weighted by Crippen LogP contribution is -2.30. The second kappa shape index (κ2) is 12.9. The van der Waals surface area contributed by atoms with Crippen LogP contribution in [0.2, 0.25) is 0 Å². The first-order valence-electron chi connectivity index (χ1n) is 12.6. The Labute approximate surface area is 228 Å². The number of allylic oxidation sites excluding steroid dienone is 1. The molecule has 1 heterocycles. The number of anilines is 1. The minimum atomic E-state index is -0.507. The highest BCUT2D eigenvalue weighted by atomic mass is 16.2. The summed E-state index contributed by atoms with van der Waals surface area (Å²) in [6, 6.07) is 26.9. The quantitative estimate of drug-likeness (QED) is 0.196. The molecule has 0 aliphatic carbocycles. The van der Waals surface area contributed by atoms with Gasteiger partial charge in [-0.2, -0.15) is 0 Å². The fourth-order valence-electron chi connectivity index (χ4n) is 3.75. The predicted molar refractivity (Wildman–Crippen MR) is 155 cm³/mol. The smallest absolute Gasteiger partial charge is 0.272 e. The molecule has 194 valence electrons. The third-order valence-corrected chi connectivity index (χ3v) is 5.98. The van der Waals surface area contributed by atoms with E-state index < -0.39 is 11.8 Å². The van der Waals surface area contributed by atoms with Crippen molar-refractivity contribution in [2.24, 2.45) is 0 Å². The molecule has 6 nitrogen and oxygen atoms in total. The molecule has 3 aromatic carbocycles. The number of nitrogens with zero attached hydrogens (tertiary/aromatic N) is 1. The van der Waals surface area contributed by atoms with Crippen LogP contribution in [0.5, 0.6) is 0 Å². The number of benzene rings is 3. The summed E-state index contributed by atoms with van der Waals surface area (Å²) in [5.41, 5.74) is 4.30. The first kappa shape index (κ1) is 26.9. The molecule has 4 aromatic rings. The van der Waals surface area contributed by atoms with E-state index in [2.05, 4.69) is 41.6 Å². The Morgan fingerprint density at radius 2 is 1.49 bits per heavy atom. The van der Waals surface area contributed by atoms with Gasteiger partial charge in [0.2, 0.25) is 0 Å². The second-order valence-corrected chi connectivity index (χ2v) is 9.21. The third kappa shape index (κ3) is 7.69. The van der Waals surface area contributed by atoms with Crippen LogP contribution in [-0.2, 0) is 4.79 Å². The molecular weight excluding hydrogens is 486 g/mol. The van der Waals surface area contributed by atoms with E-state index in [4.69, 9.17) is 0 Å². The lowest BCUT2D eigenvalue weighted by molar-refractivity contribution is -0.113. The van der Waals surface area contributed by atoms with Crippen LogP contribution >= 0.6 is 0 Å². The Balaban J connectivity index is 1.45. The maximum Gasteiger partial charge on any atom is 0.272 e. The fraction of sp³-hybridized carbons (Fsp3) is 0.0909. The number of amides is 2. The Morgan fingerprint density at radius 1 is 0.769 bits per heavy atom. The molecule has 0 saturated heterocycles. The molecule has 0 aliphatic heterocycles. The van der Waals surface area contributed by atoms with E-state index in [1.54, 1.807) is 85.2 Å². The highest BCUT2D eigenvalue weighted by Gasteiger charge is 2.15. The highest BCUT2D eigenvalue weighted by molar-refractivity contribution is 6.11. The van der Waals surface area contributed by atoms with Crippen molar-refractivity contribution < 1.29 is 14.4 Å². The predicted octanol–water partition coefficient (Wildman–Crippen LogP) is 6.51. The first-order chi connectivity index (χ1) is 18.9. The van der Waals surface area contributed by atoms with Crippen molar-refractivity contribution in [2.45, 2.75) is 19.8 Å². The van der Waals surface area contributed by atoms with Crippen LogP contribution in [0.1, 0.15) is 57.2 Å². The summed E-state index contributed by atoms with van der Waals surface area (Å²) >= 11 is 0. The molecule has 2 N–H and O–H groups in total. The second-order valence-electron chi connectivity index (χ2n) is 9.21. The molecule has 6 heteroatoms. The Morgan fingerprint density at radius 3 is 2.13 bits per heavy atom. The molecule has 0 aliphatic rings. The molecule has 2 amide bonds. The van der Waals surface area contributed by atoms with Gasteiger partial charge in [-0.15, -0.1) is 0 Å². The maximum atomic E-state index is 13.1. The summed E-state index contributed by atoms with van der Waals surface area (Å²) in [6.45, 7) is 4.28. The number of aromatic nitrogens is 1. The number of hydrogen-bond acceptors (Lipinski definition) is 4. The van der Waals surface area contributed by atoms with Gasteiger partial charge < -0.3 is 10.6 Å². The normalized spacial score (nSPS) is 11.4. The fourth-order valence-corrected chi connectivity index (χ4v) is 3.75.